The highest BCUT2D eigenvalue weighted by atomic mass is 16.3. The van der Waals surface area contributed by atoms with E-state index in [9.17, 15) is 14.7 Å². The topological polar surface area (TPSA) is 110 Å². The lowest BCUT2D eigenvalue weighted by molar-refractivity contribution is -0.121. The van der Waals surface area contributed by atoms with Crippen LogP contribution in [0.3, 0.4) is 0 Å². The van der Waals surface area contributed by atoms with Crippen molar-refractivity contribution in [2.24, 2.45) is 5.73 Å². The van der Waals surface area contributed by atoms with Crippen molar-refractivity contribution in [2.45, 2.75) is 25.9 Å². The summed E-state index contributed by atoms with van der Waals surface area (Å²) in [6, 6.07) is 1.91. The van der Waals surface area contributed by atoms with Crippen LogP contribution < -0.4 is 11.1 Å². The summed E-state index contributed by atoms with van der Waals surface area (Å²) in [5, 5.41) is 15.7. The molecule has 0 spiro atoms. The smallest absolute Gasteiger partial charge is 0.339 e. The molecule has 17 heavy (non-hydrogen) atoms. The summed E-state index contributed by atoms with van der Waals surface area (Å²) >= 11 is 0. The first kappa shape index (κ1) is 13.2. The van der Waals surface area contributed by atoms with E-state index in [1.54, 1.807) is 13.8 Å². The maximum absolute atomic E-state index is 11.4. The van der Waals surface area contributed by atoms with Gasteiger partial charge in [-0.1, -0.05) is 0 Å². The molecule has 1 rings (SSSR count). The number of aliphatic hydroxyl groups is 1. The average Bonchev–Trinajstić information content (AvgIpc) is 2.62. The summed E-state index contributed by atoms with van der Waals surface area (Å²) in [6.45, 7) is 3.31. The molecule has 0 atom stereocenters. The summed E-state index contributed by atoms with van der Waals surface area (Å²) < 4.78 is 0.901. The number of aromatic nitrogens is 2. The van der Waals surface area contributed by atoms with Crippen LogP contribution in [0.1, 0.15) is 19.5 Å². The van der Waals surface area contributed by atoms with Gasteiger partial charge in [-0.2, -0.15) is 9.78 Å². The number of nitrogens with zero attached hydrogens (tertiary/aromatic N) is 2. The Kier molecular flexibility index (Phi) is 3.84. The van der Waals surface area contributed by atoms with Gasteiger partial charge in [0.2, 0.25) is 5.91 Å². The summed E-state index contributed by atoms with van der Waals surface area (Å²) in [5.41, 5.74) is 4.33. The van der Waals surface area contributed by atoms with Gasteiger partial charge in [-0.15, -0.1) is 0 Å². The number of hydrogen-bond donors (Lipinski definition) is 3. The van der Waals surface area contributed by atoms with Gasteiger partial charge in [-0.3, -0.25) is 4.79 Å². The molecule has 7 nitrogen and oxygen atoms in total. The van der Waals surface area contributed by atoms with Gasteiger partial charge in [0, 0.05) is 18.8 Å². The fourth-order valence-corrected chi connectivity index (χ4v) is 1.05. The Morgan fingerprint density at radius 3 is 2.76 bits per heavy atom. The maximum atomic E-state index is 11.4. The molecule has 2 amide bonds. The molecule has 1 heterocycles. The Hall–Kier alpha value is -1.89. The number of primary amides is 1. The van der Waals surface area contributed by atoms with Crippen LogP contribution in [0, 0.1) is 6.07 Å². The number of carbonyl (C=O) groups excluding carboxylic acids is 2. The van der Waals surface area contributed by atoms with Crippen molar-refractivity contribution in [1.29, 1.82) is 0 Å². The Morgan fingerprint density at radius 2 is 2.29 bits per heavy atom. The highest BCUT2D eigenvalue weighted by molar-refractivity contribution is 5.78. The Labute approximate surface area is 98.6 Å². The van der Waals surface area contributed by atoms with Gasteiger partial charge in [-0.05, 0) is 13.8 Å². The lowest BCUT2D eigenvalue weighted by Crippen LogP contribution is -2.38. The molecule has 93 valence electrons. The van der Waals surface area contributed by atoms with Gasteiger partial charge >= 0.3 is 6.03 Å². The van der Waals surface area contributed by atoms with Gasteiger partial charge in [0.05, 0.1) is 17.7 Å². The minimum Gasteiger partial charge on any atom is -0.389 e. The van der Waals surface area contributed by atoms with Crippen LogP contribution in [-0.2, 0) is 11.2 Å². The van der Waals surface area contributed by atoms with Gasteiger partial charge < -0.3 is 16.2 Å². The van der Waals surface area contributed by atoms with Crippen LogP contribution in [0.4, 0.5) is 4.79 Å². The van der Waals surface area contributed by atoms with Crippen LogP contribution in [0.15, 0.2) is 6.20 Å². The molecule has 0 saturated carbocycles. The Morgan fingerprint density at radius 1 is 1.65 bits per heavy atom. The van der Waals surface area contributed by atoms with E-state index in [-0.39, 0.29) is 18.9 Å². The largest absolute Gasteiger partial charge is 0.389 e. The van der Waals surface area contributed by atoms with E-state index in [0.717, 1.165) is 4.68 Å². The maximum Gasteiger partial charge on any atom is 0.339 e. The van der Waals surface area contributed by atoms with E-state index in [4.69, 9.17) is 5.73 Å². The Bertz CT molecular complexity index is 419. The zero-order valence-electron chi connectivity index (χ0n) is 9.73. The zero-order chi connectivity index (χ0) is 13.1. The van der Waals surface area contributed by atoms with Crippen molar-refractivity contribution >= 4 is 11.9 Å². The molecular weight excluding hydrogens is 224 g/mol. The minimum atomic E-state index is -0.966. The summed E-state index contributed by atoms with van der Waals surface area (Å²) in [7, 11) is 0. The van der Waals surface area contributed by atoms with Crippen LogP contribution in [0.2, 0.25) is 0 Å². The molecule has 4 N–H and O–H groups in total. The number of nitrogens with one attached hydrogen (secondary N) is 1. The van der Waals surface area contributed by atoms with Crippen molar-refractivity contribution in [2.75, 3.05) is 6.54 Å². The molecule has 7 heteroatoms. The number of hydrogen-bond acceptors (Lipinski definition) is 4. The first-order valence-electron chi connectivity index (χ1n) is 5.03. The fraction of sp³-hybridized carbons (Fsp3) is 0.500. The van der Waals surface area contributed by atoms with E-state index in [0.29, 0.717) is 5.69 Å². The van der Waals surface area contributed by atoms with E-state index >= 15 is 0 Å². The second-order valence-electron chi connectivity index (χ2n) is 4.27. The van der Waals surface area contributed by atoms with Gasteiger partial charge in [-0.25, -0.2) is 4.79 Å². The fourth-order valence-electron chi connectivity index (χ4n) is 1.05. The molecule has 0 unspecified atom stereocenters. The third-order valence-corrected chi connectivity index (χ3v) is 1.85. The predicted molar refractivity (Wildman–Crippen MR) is 59.1 cm³/mol. The second kappa shape index (κ2) is 4.96. The number of carbonyl (C=O) groups is 2. The van der Waals surface area contributed by atoms with Gasteiger partial charge in [0.1, 0.15) is 0 Å². The summed E-state index contributed by atoms with van der Waals surface area (Å²) in [6.07, 6.45) is 1.25. The number of amides is 2. The van der Waals surface area contributed by atoms with E-state index in [2.05, 4.69) is 16.5 Å². The third-order valence-electron chi connectivity index (χ3n) is 1.85. The highest BCUT2D eigenvalue weighted by Gasteiger charge is 2.15. The standard InChI is InChI=1S/C10H15N4O3/c1-10(2,17)6-12-8(15)5-7-3-4-14(13-7)9(11)16/h4,17H,5-6H2,1-2H3,(H2,11,16)(H,12,15). The van der Waals surface area contributed by atoms with Crippen LogP contribution >= 0.6 is 0 Å². The van der Waals surface area contributed by atoms with Crippen molar-refractivity contribution in [3.8, 4) is 0 Å². The normalized spacial score (nSPS) is 11.2. The van der Waals surface area contributed by atoms with Crippen molar-refractivity contribution in [1.82, 2.24) is 15.1 Å². The number of nitrogens with two attached hydrogens (primary N) is 1. The van der Waals surface area contributed by atoms with Crippen molar-refractivity contribution < 1.29 is 14.7 Å². The highest BCUT2D eigenvalue weighted by Crippen LogP contribution is 1.99. The van der Waals surface area contributed by atoms with Gasteiger partial charge in [0.25, 0.3) is 0 Å². The summed E-state index contributed by atoms with van der Waals surface area (Å²) in [5.74, 6) is -0.307. The zero-order valence-corrected chi connectivity index (χ0v) is 9.73. The lowest BCUT2D eigenvalue weighted by atomic mass is 10.1. The monoisotopic (exact) mass is 239 g/mol. The molecule has 1 radical (unpaired) electrons. The lowest BCUT2D eigenvalue weighted by Gasteiger charge is -2.17. The molecule has 0 aliphatic carbocycles. The quantitative estimate of drug-likeness (QED) is 0.628. The molecule has 0 aliphatic heterocycles. The molecule has 0 aliphatic rings. The summed E-state index contributed by atoms with van der Waals surface area (Å²) in [4.78, 5) is 22.2. The van der Waals surface area contributed by atoms with Crippen LogP contribution in [0.25, 0.3) is 0 Å². The predicted octanol–water partition coefficient (Wildman–Crippen LogP) is -0.960. The molecule has 0 fully saturated rings. The number of rotatable bonds is 4. The average molecular weight is 239 g/mol. The molecule has 0 saturated heterocycles. The molecular formula is C10H15N4O3. The molecule has 0 bridgehead atoms. The van der Waals surface area contributed by atoms with Crippen LogP contribution in [-0.4, -0.2) is 39.0 Å². The van der Waals surface area contributed by atoms with Crippen molar-refractivity contribution in [3.63, 3.8) is 0 Å². The molecule has 0 aromatic carbocycles. The van der Waals surface area contributed by atoms with E-state index < -0.39 is 11.6 Å². The van der Waals surface area contributed by atoms with Gasteiger partial charge in [0.15, 0.2) is 0 Å². The third kappa shape index (κ3) is 4.64. The van der Waals surface area contributed by atoms with Crippen molar-refractivity contribution in [3.05, 3.63) is 18.0 Å². The molecule has 1 aromatic rings. The second-order valence-corrected chi connectivity index (χ2v) is 4.27. The SMILES string of the molecule is CC(C)(O)CNC(=O)Cc1[c]cn(C(N)=O)n1. The first-order chi connectivity index (χ1) is 7.78. The van der Waals surface area contributed by atoms with E-state index in [1.807, 2.05) is 0 Å². The first-order valence-corrected chi connectivity index (χ1v) is 5.03. The van der Waals surface area contributed by atoms with E-state index in [1.165, 1.54) is 6.20 Å². The minimum absolute atomic E-state index is 0.0175. The Balaban J connectivity index is 2.48. The van der Waals surface area contributed by atoms with Crippen LogP contribution in [0.5, 0.6) is 0 Å². The molecule has 1 aromatic heterocycles.